The fourth-order valence-electron chi connectivity index (χ4n) is 2.52. The van der Waals surface area contributed by atoms with Crippen molar-refractivity contribution in [2.24, 2.45) is 17.3 Å². The Labute approximate surface area is 100.0 Å². The van der Waals surface area contributed by atoms with Crippen molar-refractivity contribution in [3.63, 3.8) is 0 Å². The first-order valence-electron chi connectivity index (χ1n) is 6.50. The molecule has 1 saturated carbocycles. The van der Waals surface area contributed by atoms with Crippen LogP contribution in [0.25, 0.3) is 0 Å². The predicted molar refractivity (Wildman–Crippen MR) is 65.9 cm³/mol. The van der Waals surface area contributed by atoms with Crippen LogP contribution >= 0.6 is 0 Å². The summed E-state index contributed by atoms with van der Waals surface area (Å²) in [5, 5.41) is 9.12. The lowest BCUT2D eigenvalue weighted by Crippen LogP contribution is -2.36. The number of ether oxygens (including phenoxy) is 1. The highest BCUT2D eigenvalue weighted by molar-refractivity contribution is 4.95. The molecular weight excluding hydrogens is 198 g/mol. The molecule has 1 aliphatic carbocycles. The van der Waals surface area contributed by atoms with Crippen LogP contribution in [0.1, 0.15) is 53.4 Å². The second kappa shape index (κ2) is 5.68. The van der Waals surface area contributed by atoms with Crippen molar-refractivity contribution < 1.29 is 4.74 Å². The first-order chi connectivity index (χ1) is 7.49. The van der Waals surface area contributed by atoms with Crippen LogP contribution in [0.5, 0.6) is 0 Å². The van der Waals surface area contributed by atoms with E-state index in [4.69, 9.17) is 10.00 Å². The van der Waals surface area contributed by atoms with E-state index in [2.05, 4.69) is 33.8 Å². The first-order valence-corrected chi connectivity index (χ1v) is 6.50. The molecule has 0 aromatic rings. The Kier molecular flexibility index (Phi) is 4.80. The Morgan fingerprint density at radius 1 is 1.31 bits per heavy atom. The molecule has 0 bridgehead atoms. The third kappa shape index (κ3) is 3.49. The second-order valence-electron chi connectivity index (χ2n) is 6.02. The highest BCUT2D eigenvalue weighted by atomic mass is 16.5. The van der Waals surface area contributed by atoms with Crippen molar-refractivity contribution in [2.45, 2.75) is 59.5 Å². The van der Waals surface area contributed by atoms with Crippen LogP contribution in [0.3, 0.4) is 0 Å². The van der Waals surface area contributed by atoms with Crippen molar-refractivity contribution in [2.75, 3.05) is 6.61 Å². The molecule has 0 aliphatic heterocycles. The smallest absolute Gasteiger partial charge is 0.0736 e. The summed E-state index contributed by atoms with van der Waals surface area (Å²) in [4.78, 5) is 0. The fraction of sp³-hybridized carbons (Fsp3) is 0.929. The minimum atomic E-state index is 0.116. The van der Waals surface area contributed by atoms with Gasteiger partial charge in [-0.05, 0) is 37.0 Å². The summed E-state index contributed by atoms with van der Waals surface area (Å²) in [5.41, 5.74) is 0.342. The number of nitrogens with zero attached hydrogens (tertiary/aromatic N) is 1. The van der Waals surface area contributed by atoms with Gasteiger partial charge in [-0.2, -0.15) is 5.26 Å². The number of rotatable bonds is 3. The summed E-state index contributed by atoms with van der Waals surface area (Å²) in [6, 6.07) is 2.41. The van der Waals surface area contributed by atoms with E-state index in [1.807, 2.05) is 0 Å². The molecule has 0 saturated heterocycles. The van der Waals surface area contributed by atoms with Gasteiger partial charge in [0.05, 0.1) is 18.1 Å². The van der Waals surface area contributed by atoms with Crippen LogP contribution in [0, 0.1) is 28.6 Å². The van der Waals surface area contributed by atoms with Gasteiger partial charge in [-0.3, -0.25) is 0 Å². The van der Waals surface area contributed by atoms with E-state index in [0.717, 1.165) is 25.9 Å². The zero-order chi connectivity index (χ0) is 12.2. The maximum absolute atomic E-state index is 9.12. The molecule has 1 rings (SSSR count). The zero-order valence-electron chi connectivity index (χ0n) is 11.1. The Balaban J connectivity index is 2.59. The maximum atomic E-state index is 9.12. The Morgan fingerprint density at radius 3 is 2.50 bits per heavy atom. The Hall–Kier alpha value is -0.550. The average Bonchev–Trinajstić information content (AvgIpc) is 2.24. The second-order valence-corrected chi connectivity index (χ2v) is 6.02. The molecule has 0 aromatic heterocycles. The lowest BCUT2D eigenvalue weighted by Gasteiger charge is -2.39. The van der Waals surface area contributed by atoms with Crippen molar-refractivity contribution in [1.29, 1.82) is 5.26 Å². The van der Waals surface area contributed by atoms with Gasteiger partial charge in [0.2, 0.25) is 0 Å². The molecule has 0 radical (unpaired) electrons. The molecule has 0 aromatic carbocycles. The Morgan fingerprint density at radius 2 is 2.00 bits per heavy atom. The maximum Gasteiger partial charge on any atom is 0.0736 e. The molecule has 0 heterocycles. The minimum absolute atomic E-state index is 0.116. The monoisotopic (exact) mass is 223 g/mol. The first kappa shape index (κ1) is 13.5. The van der Waals surface area contributed by atoms with Crippen LogP contribution in [0.2, 0.25) is 0 Å². The van der Waals surface area contributed by atoms with Gasteiger partial charge in [-0.15, -0.1) is 0 Å². The van der Waals surface area contributed by atoms with Crippen molar-refractivity contribution >= 4 is 0 Å². The summed E-state index contributed by atoms with van der Waals surface area (Å²) >= 11 is 0. The molecule has 3 atom stereocenters. The van der Waals surface area contributed by atoms with Crippen molar-refractivity contribution in [3.8, 4) is 6.07 Å². The predicted octanol–water partition coefficient (Wildman–Crippen LogP) is 3.77. The highest BCUT2D eigenvalue weighted by Gasteiger charge is 2.36. The van der Waals surface area contributed by atoms with Crippen LogP contribution < -0.4 is 0 Å². The normalized spacial score (nSPS) is 31.1. The standard InChI is InChI=1S/C14H25NO/c1-5-8-16-13-9-12(14(2,3)4)7-6-11(13)10-15/h11-13H,5-9H2,1-4H3. The van der Waals surface area contributed by atoms with Crippen LogP contribution in [-0.2, 0) is 4.74 Å². The molecule has 2 heteroatoms. The number of hydrogen-bond donors (Lipinski definition) is 0. The summed E-state index contributed by atoms with van der Waals surface area (Å²) in [6.45, 7) is 9.79. The molecule has 0 spiro atoms. The molecule has 1 fully saturated rings. The quantitative estimate of drug-likeness (QED) is 0.729. The summed E-state index contributed by atoms with van der Waals surface area (Å²) in [5.74, 6) is 0.809. The number of nitriles is 1. The number of hydrogen-bond acceptors (Lipinski definition) is 2. The molecule has 3 unspecified atom stereocenters. The van der Waals surface area contributed by atoms with Gasteiger partial charge in [0.25, 0.3) is 0 Å². The molecular formula is C14H25NO. The third-order valence-corrected chi connectivity index (χ3v) is 3.72. The van der Waals surface area contributed by atoms with Crippen LogP contribution in [-0.4, -0.2) is 12.7 Å². The average molecular weight is 223 g/mol. The van der Waals surface area contributed by atoms with Crippen molar-refractivity contribution in [1.82, 2.24) is 0 Å². The third-order valence-electron chi connectivity index (χ3n) is 3.72. The lowest BCUT2D eigenvalue weighted by molar-refractivity contribution is -0.0275. The molecule has 16 heavy (non-hydrogen) atoms. The summed E-state index contributed by atoms with van der Waals surface area (Å²) in [7, 11) is 0. The van der Waals surface area contributed by atoms with E-state index < -0.39 is 0 Å². The van der Waals surface area contributed by atoms with E-state index in [0.29, 0.717) is 11.3 Å². The largest absolute Gasteiger partial charge is 0.377 e. The van der Waals surface area contributed by atoms with Gasteiger partial charge in [0.1, 0.15) is 0 Å². The topological polar surface area (TPSA) is 33.0 Å². The highest BCUT2D eigenvalue weighted by Crippen LogP contribution is 2.40. The van der Waals surface area contributed by atoms with Gasteiger partial charge < -0.3 is 4.74 Å². The van der Waals surface area contributed by atoms with Gasteiger partial charge in [-0.25, -0.2) is 0 Å². The van der Waals surface area contributed by atoms with E-state index in [9.17, 15) is 0 Å². The Bertz CT molecular complexity index is 248. The molecule has 92 valence electrons. The van der Waals surface area contributed by atoms with E-state index in [1.54, 1.807) is 0 Å². The molecule has 0 N–H and O–H groups in total. The van der Waals surface area contributed by atoms with Gasteiger partial charge >= 0.3 is 0 Å². The molecule has 0 amide bonds. The van der Waals surface area contributed by atoms with Crippen molar-refractivity contribution in [3.05, 3.63) is 0 Å². The van der Waals surface area contributed by atoms with Crippen LogP contribution in [0.4, 0.5) is 0 Å². The molecule has 1 aliphatic rings. The summed E-state index contributed by atoms with van der Waals surface area (Å²) < 4.78 is 5.84. The summed E-state index contributed by atoms with van der Waals surface area (Å²) in [6.07, 6.45) is 4.44. The lowest BCUT2D eigenvalue weighted by atomic mass is 9.69. The van der Waals surface area contributed by atoms with E-state index in [-0.39, 0.29) is 12.0 Å². The van der Waals surface area contributed by atoms with E-state index >= 15 is 0 Å². The fourth-order valence-corrected chi connectivity index (χ4v) is 2.52. The SMILES string of the molecule is CCCOC1CC(C(C)(C)C)CCC1C#N. The molecule has 2 nitrogen and oxygen atoms in total. The van der Waals surface area contributed by atoms with Gasteiger partial charge in [-0.1, -0.05) is 27.7 Å². The van der Waals surface area contributed by atoms with Gasteiger partial charge in [0, 0.05) is 6.61 Å². The van der Waals surface area contributed by atoms with E-state index in [1.165, 1.54) is 6.42 Å². The van der Waals surface area contributed by atoms with Crippen LogP contribution in [0.15, 0.2) is 0 Å². The zero-order valence-corrected chi connectivity index (χ0v) is 11.1. The minimum Gasteiger partial charge on any atom is -0.377 e. The van der Waals surface area contributed by atoms with Gasteiger partial charge in [0.15, 0.2) is 0 Å².